The number of nitrogens with one attached hydrogen (secondary N) is 1. The van der Waals surface area contributed by atoms with E-state index in [1.54, 1.807) is 50.6 Å². The molecule has 3 rings (SSSR count). The number of aromatic nitrogens is 4. The van der Waals surface area contributed by atoms with E-state index in [4.69, 9.17) is 0 Å². The molecule has 7 nitrogen and oxygen atoms in total. The van der Waals surface area contributed by atoms with Crippen molar-refractivity contribution in [2.75, 3.05) is 5.32 Å². The molecule has 0 aliphatic carbocycles. The van der Waals surface area contributed by atoms with Gasteiger partial charge < -0.3 is 10.4 Å². The van der Waals surface area contributed by atoms with Crippen LogP contribution >= 0.6 is 0 Å². The predicted molar refractivity (Wildman–Crippen MR) is 101 cm³/mol. The molecular weight excluding hydrogens is 330 g/mol. The average molecular weight is 351 g/mol. The fourth-order valence-corrected chi connectivity index (χ4v) is 2.24. The predicted octanol–water partition coefficient (Wildman–Crippen LogP) is 4.02. The summed E-state index contributed by atoms with van der Waals surface area (Å²) in [5.41, 5.74) is 2.19. The zero-order valence-corrected chi connectivity index (χ0v) is 15.2. The summed E-state index contributed by atoms with van der Waals surface area (Å²) in [6.45, 7) is 7.48. The Morgan fingerprint density at radius 2 is 1.69 bits per heavy atom. The van der Waals surface area contributed by atoms with Gasteiger partial charge in [-0.1, -0.05) is 13.8 Å². The van der Waals surface area contributed by atoms with E-state index in [-0.39, 0.29) is 5.56 Å². The Hall–Kier alpha value is -3.35. The van der Waals surface area contributed by atoms with Crippen LogP contribution in [0.2, 0.25) is 0 Å². The number of pyridine rings is 2. The summed E-state index contributed by atoms with van der Waals surface area (Å²) in [6.07, 6.45) is 4.96. The van der Waals surface area contributed by atoms with Crippen molar-refractivity contribution < 1.29 is 9.90 Å². The molecule has 0 aliphatic heterocycles. The fraction of sp³-hybridized carbons (Fsp3) is 0.211. The van der Waals surface area contributed by atoms with Crippen LogP contribution in [-0.2, 0) is 0 Å². The molecule has 0 aliphatic rings. The van der Waals surface area contributed by atoms with Gasteiger partial charge in [-0.05, 0) is 43.7 Å². The number of anilines is 2. The molecule has 7 heteroatoms. The van der Waals surface area contributed by atoms with Crippen LogP contribution in [-0.4, -0.2) is 31.0 Å². The van der Waals surface area contributed by atoms with Gasteiger partial charge in [-0.15, -0.1) is 0 Å². The number of carboxylic acid groups (broad SMARTS) is 1. The van der Waals surface area contributed by atoms with Crippen molar-refractivity contribution >= 4 is 17.6 Å². The van der Waals surface area contributed by atoms with Gasteiger partial charge in [0.05, 0.1) is 11.3 Å². The summed E-state index contributed by atoms with van der Waals surface area (Å²) in [5.74, 6) is 0.902. The zero-order valence-electron chi connectivity index (χ0n) is 15.2. The quantitative estimate of drug-likeness (QED) is 0.732. The zero-order chi connectivity index (χ0) is 19.1. The highest BCUT2D eigenvalue weighted by molar-refractivity contribution is 5.90. The van der Waals surface area contributed by atoms with Gasteiger partial charge in [0.2, 0.25) is 0 Å². The summed E-state index contributed by atoms with van der Waals surface area (Å²) >= 11 is 0. The van der Waals surface area contributed by atoms with Crippen molar-refractivity contribution in [3.63, 3.8) is 0 Å². The molecule has 0 amide bonds. The van der Waals surface area contributed by atoms with Crippen molar-refractivity contribution in [2.24, 2.45) is 0 Å². The average Bonchev–Trinajstić information content (AvgIpc) is 2.64. The molecular formula is C19H21N5O2. The lowest BCUT2D eigenvalue weighted by Crippen LogP contribution is -2.02. The van der Waals surface area contributed by atoms with E-state index in [0.717, 1.165) is 5.56 Å². The first-order valence-corrected chi connectivity index (χ1v) is 8.26. The van der Waals surface area contributed by atoms with E-state index in [2.05, 4.69) is 25.3 Å². The molecule has 3 aromatic rings. The van der Waals surface area contributed by atoms with Crippen LogP contribution in [0.1, 0.15) is 35.7 Å². The van der Waals surface area contributed by atoms with Crippen LogP contribution < -0.4 is 5.32 Å². The molecule has 0 atom stereocenters. The lowest BCUT2D eigenvalue weighted by Gasteiger charge is -2.08. The van der Waals surface area contributed by atoms with Crippen molar-refractivity contribution in [1.82, 2.24) is 19.9 Å². The van der Waals surface area contributed by atoms with Gasteiger partial charge in [0.15, 0.2) is 0 Å². The first kappa shape index (κ1) is 19.0. The van der Waals surface area contributed by atoms with E-state index in [9.17, 15) is 9.90 Å². The minimum atomic E-state index is -0.995. The maximum absolute atomic E-state index is 11.3. The van der Waals surface area contributed by atoms with Gasteiger partial charge >= 0.3 is 5.97 Å². The molecule has 134 valence electrons. The topological polar surface area (TPSA) is 101 Å². The second kappa shape index (κ2) is 8.66. The Labute approximate surface area is 152 Å². The molecule has 0 saturated heterocycles. The molecule has 2 N–H and O–H groups in total. The maximum Gasteiger partial charge on any atom is 0.337 e. The Morgan fingerprint density at radius 1 is 0.962 bits per heavy atom. The Morgan fingerprint density at radius 3 is 2.38 bits per heavy atom. The van der Waals surface area contributed by atoms with Crippen LogP contribution in [0.25, 0.3) is 11.1 Å². The second-order valence-corrected chi connectivity index (χ2v) is 5.21. The summed E-state index contributed by atoms with van der Waals surface area (Å²) < 4.78 is 0. The first-order chi connectivity index (χ1) is 12.5. The summed E-state index contributed by atoms with van der Waals surface area (Å²) in [5, 5.41) is 12.3. The standard InChI is InChI=1S/C17H15N5O2.C2H6/c1-10-14(17(23)24)7-13(9-20-10)12-3-5-19-16(8-12)22-15-4-6-18-11(2)21-15;1-2/h3-9H,1-2H3,(H,23,24)(H,18,19,21,22);1-2H3. The maximum atomic E-state index is 11.3. The lowest BCUT2D eigenvalue weighted by molar-refractivity contribution is 0.0695. The number of carboxylic acids is 1. The normalized spacial score (nSPS) is 9.85. The number of hydrogen-bond donors (Lipinski definition) is 2. The molecule has 0 bridgehead atoms. The van der Waals surface area contributed by atoms with Crippen LogP contribution in [0.15, 0.2) is 42.9 Å². The number of nitrogens with zero attached hydrogens (tertiary/aromatic N) is 4. The van der Waals surface area contributed by atoms with Gasteiger partial charge in [-0.3, -0.25) is 4.98 Å². The Bertz CT molecular complexity index is 912. The molecule has 0 fully saturated rings. The van der Waals surface area contributed by atoms with Crippen LogP contribution in [0, 0.1) is 13.8 Å². The van der Waals surface area contributed by atoms with E-state index >= 15 is 0 Å². The number of carbonyl (C=O) groups is 1. The van der Waals surface area contributed by atoms with Crippen LogP contribution in [0.5, 0.6) is 0 Å². The molecule has 0 unspecified atom stereocenters. The molecule has 26 heavy (non-hydrogen) atoms. The number of rotatable bonds is 4. The van der Waals surface area contributed by atoms with Gasteiger partial charge in [0.25, 0.3) is 0 Å². The van der Waals surface area contributed by atoms with Crippen LogP contribution in [0.3, 0.4) is 0 Å². The SMILES string of the molecule is CC.Cc1nccc(Nc2cc(-c3cnc(C)c(C(=O)O)c3)ccn2)n1. The highest BCUT2D eigenvalue weighted by atomic mass is 16.4. The third kappa shape index (κ3) is 4.60. The fourth-order valence-electron chi connectivity index (χ4n) is 2.24. The van der Waals surface area contributed by atoms with Gasteiger partial charge in [-0.25, -0.2) is 19.7 Å². The van der Waals surface area contributed by atoms with E-state index in [1.165, 1.54) is 0 Å². The Kier molecular flexibility index (Phi) is 6.32. The molecule has 3 aromatic heterocycles. The van der Waals surface area contributed by atoms with Crippen molar-refractivity contribution in [2.45, 2.75) is 27.7 Å². The number of hydrogen-bond acceptors (Lipinski definition) is 6. The minimum Gasteiger partial charge on any atom is -0.478 e. The molecule has 0 saturated carbocycles. The molecule has 0 aromatic carbocycles. The van der Waals surface area contributed by atoms with E-state index < -0.39 is 5.97 Å². The highest BCUT2D eigenvalue weighted by Crippen LogP contribution is 2.23. The number of aromatic carboxylic acids is 1. The van der Waals surface area contributed by atoms with Crippen molar-refractivity contribution in [3.05, 3.63) is 59.9 Å². The van der Waals surface area contributed by atoms with Crippen molar-refractivity contribution in [1.29, 1.82) is 0 Å². The molecule has 0 radical (unpaired) electrons. The smallest absolute Gasteiger partial charge is 0.337 e. The van der Waals surface area contributed by atoms with E-state index in [0.29, 0.717) is 28.7 Å². The molecule has 0 spiro atoms. The highest BCUT2D eigenvalue weighted by Gasteiger charge is 2.11. The monoisotopic (exact) mass is 351 g/mol. The first-order valence-electron chi connectivity index (χ1n) is 8.26. The van der Waals surface area contributed by atoms with E-state index in [1.807, 2.05) is 19.9 Å². The lowest BCUT2D eigenvalue weighted by atomic mass is 10.1. The van der Waals surface area contributed by atoms with Gasteiger partial charge in [-0.2, -0.15) is 0 Å². The number of aryl methyl sites for hydroxylation is 2. The second-order valence-electron chi connectivity index (χ2n) is 5.21. The van der Waals surface area contributed by atoms with Crippen molar-refractivity contribution in [3.8, 4) is 11.1 Å². The summed E-state index contributed by atoms with van der Waals surface area (Å²) in [7, 11) is 0. The summed E-state index contributed by atoms with van der Waals surface area (Å²) in [4.78, 5) is 28.0. The Balaban J connectivity index is 0.00000117. The summed E-state index contributed by atoms with van der Waals surface area (Å²) in [6, 6.07) is 6.97. The third-order valence-electron chi connectivity index (χ3n) is 3.44. The third-order valence-corrected chi connectivity index (χ3v) is 3.44. The minimum absolute atomic E-state index is 0.185. The largest absolute Gasteiger partial charge is 0.478 e. The van der Waals surface area contributed by atoms with Gasteiger partial charge in [0.1, 0.15) is 17.5 Å². The van der Waals surface area contributed by atoms with Crippen LogP contribution in [0.4, 0.5) is 11.6 Å². The molecule has 3 heterocycles. The van der Waals surface area contributed by atoms with Gasteiger partial charge in [0, 0.05) is 24.2 Å².